The maximum atomic E-state index is 12.2. The SMILES string of the molecule is COC(=O)C(CO)NCc1cn(CCCOC2(COc3cc(OCc4cncc(C#N)c4)c(CNC(CO)C(=O)OC)cc3Cl)C=CC=C(c3ccccc3C)C2C)nn1. The van der Waals surface area contributed by atoms with Crippen molar-refractivity contribution in [3.8, 4) is 17.6 Å². The topological polar surface area (TPSA) is 212 Å². The molecule has 16 nitrogen and oxygen atoms in total. The molecule has 0 bridgehead atoms. The second-order valence-electron chi connectivity index (χ2n) is 14.1. The zero-order valence-electron chi connectivity index (χ0n) is 34.0. The van der Waals surface area contributed by atoms with Gasteiger partial charge in [-0.3, -0.25) is 29.9 Å². The molecule has 4 atom stereocenters. The van der Waals surface area contributed by atoms with E-state index in [1.807, 2.05) is 24.3 Å². The molecule has 318 valence electrons. The molecule has 4 aromatic rings. The van der Waals surface area contributed by atoms with Gasteiger partial charge in [-0.25, -0.2) is 0 Å². The Kier molecular flexibility index (Phi) is 16.7. The minimum absolute atomic E-state index is 0.0644. The zero-order valence-corrected chi connectivity index (χ0v) is 34.7. The van der Waals surface area contributed by atoms with Gasteiger partial charge >= 0.3 is 11.9 Å². The molecule has 0 radical (unpaired) electrons. The molecule has 4 unspecified atom stereocenters. The van der Waals surface area contributed by atoms with E-state index in [1.165, 1.54) is 20.4 Å². The third kappa shape index (κ3) is 11.7. The molecule has 1 aliphatic carbocycles. The summed E-state index contributed by atoms with van der Waals surface area (Å²) in [5, 5.41) is 43.2. The van der Waals surface area contributed by atoms with Crippen molar-refractivity contribution in [3.05, 3.63) is 118 Å². The monoisotopic (exact) mass is 843 g/mol. The molecular weight excluding hydrogens is 794 g/mol. The van der Waals surface area contributed by atoms with Crippen LogP contribution in [0.1, 0.15) is 46.9 Å². The lowest BCUT2D eigenvalue weighted by Crippen LogP contribution is -2.45. The number of hydrogen-bond acceptors (Lipinski definition) is 15. The van der Waals surface area contributed by atoms with Crippen LogP contribution in [0.2, 0.25) is 5.02 Å². The van der Waals surface area contributed by atoms with Crippen molar-refractivity contribution in [1.29, 1.82) is 5.26 Å². The van der Waals surface area contributed by atoms with Crippen molar-refractivity contribution >= 4 is 29.1 Å². The third-order valence-corrected chi connectivity index (χ3v) is 10.4. The van der Waals surface area contributed by atoms with Crippen LogP contribution in [0.15, 0.2) is 79.3 Å². The lowest BCUT2D eigenvalue weighted by molar-refractivity contribution is -0.145. The van der Waals surface area contributed by atoms with Crippen LogP contribution >= 0.6 is 11.6 Å². The molecule has 17 heteroatoms. The van der Waals surface area contributed by atoms with Gasteiger partial charge in [0.25, 0.3) is 0 Å². The minimum atomic E-state index is -0.984. The lowest BCUT2D eigenvalue weighted by atomic mass is 9.76. The molecular formula is C43H50ClN7O9. The van der Waals surface area contributed by atoms with Crippen LogP contribution in [0.25, 0.3) is 5.57 Å². The van der Waals surface area contributed by atoms with Gasteiger partial charge in [-0.05, 0) is 48.3 Å². The Labute approximate surface area is 353 Å². The minimum Gasteiger partial charge on any atom is -0.489 e. The van der Waals surface area contributed by atoms with Gasteiger partial charge in [-0.2, -0.15) is 5.26 Å². The molecule has 1 aliphatic rings. The van der Waals surface area contributed by atoms with Gasteiger partial charge in [0.1, 0.15) is 48.5 Å². The van der Waals surface area contributed by atoms with Gasteiger partial charge in [0.15, 0.2) is 0 Å². The Morgan fingerprint density at radius 2 is 1.75 bits per heavy atom. The Morgan fingerprint density at radius 3 is 2.45 bits per heavy atom. The number of pyridine rings is 1. The Bertz CT molecular complexity index is 2190. The number of nitrogens with one attached hydrogen (secondary N) is 2. The van der Waals surface area contributed by atoms with Crippen molar-refractivity contribution in [2.75, 3.05) is 40.6 Å². The summed E-state index contributed by atoms with van der Waals surface area (Å²) >= 11 is 6.89. The van der Waals surface area contributed by atoms with E-state index >= 15 is 0 Å². The van der Waals surface area contributed by atoms with E-state index in [9.17, 15) is 25.1 Å². The van der Waals surface area contributed by atoms with E-state index in [1.54, 1.807) is 35.3 Å². The number of rotatable bonds is 22. The Hall–Kier alpha value is -5.67. The first-order valence-corrected chi connectivity index (χ1v) is 19.7. The standard InChI is InChI=1S/C43H50ClN7O9/c1-28-9-5-6-10-34(28)35-11-7-12-43(29(35)2,60-14-8-13-51-23-33(49-50-51)22-48-38(25-53)42(55)57-4)27-59-40-17-39(58-26-31-15-30(18-45)19-46-20-31)32(16-36(40)44)21-47-37(24-52)41(54)56-3/h5-7,9-12,15-17,19-20,23,29,37-38,47-48,52-53H,8,13-14,21-22,24-27H2,1-4H3. The van der Waals surface area contributed by atoms with Crippen LogP contribution in [0.4, 0.5) is 0 Å². The highest BCUT2D eigenvalue weighted by Crippen LogP contribution is 2.41. The number of ether oxygens (including phenoxy) is 5. The number of benzene rings is 2. The summed E-state index contributed by atoms with van der Waals surface area (Å²) in [6.07, 6.45) is 11.5. The van der Waals surface area contributed by atoms with Crippen LogP contribution in [-0.4, -0.2) is 100 Å². The summed E-state index contributed by atoms with van der Waals surface area (Å²) in [5.41, 5.74) is 4.55. The van der Waals surface area contributed by atoms with Gasteiger partial charge in [-0.1, -0.05) is 60.2 Å². The molecule has 60 heavy (non-hydrogen) atoms. The number of aromatic nitrogens is 4. The predicted molar refractivity (Wildman–Crippen MR) is 220 cm³/mol. The number of halogens is 1. The largest absolute Gasteiger partial charge is 0.489 e. The van der Waals surface area contributed by atoms with Crippen molar-refractivity contribution in [3.63, 3.8) is 0 Å². The van der Waals surface area contributed by atoms with Gasteiger partial charge < -0.3 is 33.9 Å². The van der Waals surface area contributed by atoms with E-state index in [0.717, 1.165) is 16.7 Å². The average Bonchev–Trinajstić information content (AvgIpc) is 3.73. The average molecular weight is 844 g/mol. The number of allylic oxidation sites excluding steroid dienone is 2. The van der Waals surface area contributed by atoms with E-state index < -0.39 is 42.8 Å². The zero-order chi connectivity index (χ0) is 43.1. The summed E-state index contributed by atoms with van der Waals surface area (Å²) in [6.45, 7) is 4.52. The number of aryl methyl sites for hydroxylation is 2. The number of nitriles is 1. The molecule has 0 spiro atoms. The van der Waals surface area contributed by atoms with Crippen molar-refractivity contribution in [1.82, 2.24) is 30.6 Å². The number of methoxy groups -OCH3 is 2. The molecule has 2 aromatic carbocycles. The van der Waals surface area contributed by atoms with Gasteiger partial charge in [0.05, 0.1) is 43.7 Å². The maximum absolute atomic E-state index is 12.2. The first-order valence-electron chi connectivity index (χ1n) is 19.3. The number of carbonyl (C=O) groups excluding carboxylic acids is 2. The molecule has 5 rings (SSSR count). The fourth-order valence-electron chi connectivity index (χ4n) is 6.62. The quantitative estimate of drug-likeness (QED) is 0.0654. The number of carbonyl (C=O) groups is 2. The van der Waals surface area contributed by atoms with Crippen molar-refractivity contribution < 1.29 is 43.5 Å². The first kappa shape index (κ1) is 45.4. The second-order valence-corrected chi connectivity index (χ2v) is 14.5. The van der Waals surface area contributed by atoms with E-state index in [0.29, 0.717) is 53.5 Å². The van der Waals surface area contributed by atoms with Crippen molar-refractivity contribution in [2.45, 2.75) is 64.2 Å². The fraction of sp³-hybridized carbons (Fsp3) is 0.395. The summed E-state index contributed by atoms with van der Waals surface area (Å²) in [5.74, 6) is -0.669. The van der Waals surface area contributed by atoms with Crippen molar-refractivity contribution in [2.24, 2.45) is 5.92 Å². The second kappa shape index (κ2) is 22.1. The van der Waals surface area contributed by atoms with E-state index in [4.69, 9.17) is 35.3 Å². The molecule has 0 amide bonds. The number of aliphatic hydroxyl groups is 2. The predicted octanol–water partition coefficient (Wildman–Crippen LogP) is 3.85. The van der Waals surface area contributed by atoms with Crippen LogP contribution in [0.5, 0.6) is 11.5 Å². The molecule has 2 aromatic heterocycles. The highest BCUT2D eigenvalue weighted by Gasteiger charge is 2.40. The summed E-state index contributed by atoms with van der Waals surface area (Å²) in [4.78, 5) is 28.2. The molecule has 4 N–H and O–H groups in total. The third-order valence-electron chi connectivity index (χ3n) is 10.1. The molecule has 2 heterocycles. The number of nitrogens with zero attached hydrogens (tertiary/aromatic N) is 5. The summed E-state index contributed by atoms with van der Waals surface area (Å²) < 4.78 is 30.8. The Balaban J connectivity index is 1.36. The number of esters is 2. The van der Waals surface area contributed by atoms with Crippen LogP contribution in [0.3, 0.4) is 0 Å². The van der Waals surface area contributed by atoms with Gasteiger partial charge in [-0.15, -0.1) is 5.10 Å². The first-order chi connectivity index (χ1) is 29.0. The van der Waals surface area contributed by atoms with Crippen LogP contribution < -0.4 is 20.1 Å². The van der Waals surface area contributed by atoms with Gasteiger partial charge in [0, 0.05) is 67.9 Å². The number of aliphatic hydroxyl groups excluding tert-OH is 2. The van der Waals surface area contributed by atoms with E-state index in [-0.39, 0.29) is 37.2 Å². The smallest absolute Gasteiger partial charge is 0.325 e. The summed E-state index contributed by atoms with van der Waals surface area (Å²) in [7, 11) is 2.50. The molecule has 0 aliphatic heterocycles. The van der Waals surface area contributed by atoms with Gasteiger partial charge in [0.2, 0.25) is 0 Å². The molecule has 0 saturated heterocycles. The van der Waals surface area contributed by atoms with E-state index in [2.05, 4.69) is 64.1 Å². The number of hydrogen-bond donors (Lipinski definition) is 4. The fourth-order valence-corrected chi connectivity index (χ4v) is 6.86. The normalized spacial score (nSPS) is 17.0. The van der Waals surface area contributed by atoms with Crippen LogP contribution in [0, 0.1) is 24.2 Å². The van der Waals surface area contributed by atoms with Crippen LogP contribution in [-0.2, 0) is 50.0 Å². The highest BCUT2D eigenvalue weighted by atomic mass is 35.5. The summed E-state index contributed by atoms with van der Waals surface area (Å²) in [6, 6.07) is 13.4. The highest BCUT2D eigenvalue weighted by molar-refractivity contribution is 6.32. The maximum Gasteiger partial charge on any atom is 0.325 e. The Morgan fingerprint density at radius 1 is 1.02 bits per heavy atom. The molecule has 0 saturated carbocycles. The lowest BCUT2D eigenvalue weighted by Gasteiger charge is -2.40. The molecule has 0 fully saturated rings.